The lowest BCUT2D eigenvalue weighted by molar-refractivity contribution is 0.0778. The van der Waals surface area contributed by atoms with Gasteiger partial charge in [0, 0.05) is 6.04 Å². The minimum atomic E-state index is 0.903. The van der Waals surface area contributed by atoms with Crippen molar-refractivity contribution in [1.82, 2.24) is 9.80 Å². The first kappa shape index (κ1) is 17.0. The van der Waals surface area contributed by atoms with Crippen molar-refractivity contribution in [2.24, 2.45) is 5.92 Å². The molecule has 0 aromatic heterocycles. The van der Waals surface area contributed by atoms with Crippen molar-refractivity contribution in [2.45, 2.75) is 72.3 Å². The quantitative estimate of drug-likeness (QED) is 0.760. The molecule has 0 spiro atoms. The minimum absolute atomic E-state index is 0.903. The van der Waals surface area contributed by atoms with E-state index in [1.54, 1.807) is 0 Å². The molecule has 2 aliphatic heterocycles. The highest BCUT2D eigenvalue weighted by Gasteiger charge is 2.27. The first-order valence-electron chi connectivity index (χ1n) is 8.79. The average Bonchev–Trinajstić information content (AvgIpc) is 2.51. The van der Waals surface area contributed by atoms with Gasteiger partial charge < -0.3 is 9.80 Å². The van der Waals surface area contributed by atoms with Crippen LogP contribution in [0, 0.1) is 5.92 Å². The van der Waals surface area contributed by atoms with E-state index in [1.807, 2.05) is 13.8 Å². The maximum Gasteiger partial charge on any atom is 0.0120 e. The van der Waals surface area contributed by atoms with Crippen molar-refractivity contribution in [1.29, 1.82) is 0 Å². The van der Waals surface area contributed by atoms with Gasteiger partial charge in [-0.2, -0.15) is 0 Å². The first-order chi connectivity index (χ1) is 9.33. The fraction of sp³-hybridized carbons (Fsp3) is 1.00. The van der Waals surface area contributed by atoms with Gasteiger partial charge in [-0.05, 0) is 64.3 Å². The molecular formula is C17H36N2. The molecule has 0 aromatic rings. The van der Waals surface area contributed by atoms with Crippen molar-refractivity contribution in [3.05, 3.63) is 0 Å². The first-order valence-corrected chi connectivity index (χ1v) is 8.79. The zero-order valence-corrected chi connectivity index (χ0v) is 13.8. The third kappa shape index (κ3) is 5.43. The topological polar surface area (TPSA) is 6.48 Å². The second kappa shape index (κ2) is 9.77. The van der Waals surface area contributed by atoms with Crippen LogP contribution >= 0.6 is 0 Å². The highest BCUT2D eigenvalue weighted by molar-refractivity contribution is 4.82. The molecule has 2 heterocycles. The van der Waals surface area contributed by atoms with Crippen molar-refractivity contribution in [2.75, 3.05) is 32.7 Å². The molecule has 0 radical (unpaired) electrons. The molecule has 2 nitrogen and oxygen atoms in total. The van der Waals surface area contributed by atoms with Crippen LogP contribution in [0.4, 0.5) is 0 Å². The zero-order valence-electron chi connectivity index (χ0n) is 13.8. The fourth-order valence-electron chi connectivity index (χ4n) is 3.62. The van der Waals surface area contributed by atoms with E-state index < -0.39 is 0 Å². The van der Waals surface area contributed by atoms with Gasteiger partial charge in [-0.15, -0.1) is 0 Å². The summed E-state index contributed by atoms with van der Waals surface area (Å²) in [6.45, 7) is 15.3. The lowest BCUT2D eigenvalue weighted by Crippen LogP contribution is -2.47. The van der Waals surface area contributed by atoms with Crippen LogP contribution in [0.25, 0.3) is 0 Å². The summed E-state index contributed by atoms with van der Waals surface area (Å²) < 4.78 is 0. The third-order valence-electron chi connectivity index (χ3n) is 4.87. The van der Waals surface area contributed by atoms with Crippen LogP contribution in [-0.4, -0.2) is 48.6 Å². The van der Waals surface area contributed by atoms with E-state index in [9.17, 15) is 0 Å². The highest BCUT2D eigenvalue weighted by atomic mass is 15.2. The zero-order chi connectivity index (χ0) is 14.1. The van der Waals surface area contributed by atoms with Gasteiger partial charge in [-0.1, -0.05) is 40.5 Å². The van der Waals surface area contributed by atoms with Crippen molar-refractivity contribution in [3.63, 3.8) is 0 Å². The standard InChI is InChI=1S/C15H30N2.C2H6/c1-3-5-14-6-12-17(13-7-14)15-8-10-16(4-2)11-9-15;1-2/h14-15H,3-13H2,1-2H3;1-2H3. The summed E-state index contributed by atoms with van der Waals surface area (Å²) in [4.78, 5) is 5.39. The van der Waals surface area contributed by atoms with Crippen LogP contribution in [0.3, 0.4) is 0 Å². The summed E-state index contributed by atoms with van der Waals surface area (Å²) in [6.07, 6.45) is 8.57. The molecule has 0 saturated carbocycles. The van der Waals surface area contributed by atoms with E-state index in [0.29, 0.717) is 0 Å². The monoisotopic (exact) mass is 268 g/mol. The molecule has 2 rings (SSSR count). The Hall–Kier alpha value is -0.0800. The molecular weight excluding hydrogens is 232 g/mol. The second-order valence-corrected chi connectivity index (χ2v) is 5.93. The molecule has 2 aliphatic rings. The molecule has 0 unspecified atom stereocenters. The molecule has 0 bridgehead atoms. The predicted octanol–water partition coefficient (Wildman–Crippen LogP) is 4.01. The summed E-state index contributed by atoms with van der Waals surface area (Å²) >= 11 is 0. The number of piperidine rings is 2. The lowest BCUT2D eigenvalue weighted by atomic mass is 9.90. The molecule has 0 amide bonds. The summed E-state index contributed by atoms with van der Waals surface area (Å²) in [6, 6.07) is 0.903. The Labute approximate surface area is 121 Å². The molecule has 0 aromatic carbocycles. The van der Waals surface area contributed by atoms with Crippen LogP contribution in [-0.2, 0) is 0 Å². The molecule has 2 saturated heterocycles. The van der Waals surface area contributed by atoms with E-state index in [2.05, 4.69) is 23.6 Å². The number of likely N-dealkylation sites (tertiary alicyclic amines) is 2. The van der Waals surface area contributed by atoms with Crippen molar-refractivity contribution < 1.29 is 0 Å². The SMILES string of the molecule is CC.CCCC1CCN(C2CCN(CC)CC2)CC1. The van der Waals surface area contributed by atoms with E-state index in [1.165, 1.54) is 71.2 Å². The van der Waals surface area contributed by atoms with Gasteiger partial charge >= 0.3 is 0 Å². The Morgan fingerprint density at radius 1 is 0.842 bits per heavy atom. The summed E-state index contributed by atoms with van der Waals surface area (Å²) in [5.74, 6) is 1.03. The molecule has 0 aliphatic carbocycles. The predicted molar refractivity (Wildman–Crippen MR) is 85.7 cm³/mol. The van der Waals surface area contributed by atoms with Gasteiger partial charge in [-0.25, -0.2) is 0 Å². The Morgan fingerprint density at radius 2 is 1.42 bits per heavy atom. The van der Waals surface area contributed by atoms with Crippen molar-refractivity contribution in [3.8, 4) is 0 Å². The second-order valence-electron chi connectivity index (χ2n) is 5.93. The molecule has 0 atom stereocenters. The number of nitrogens with zero attached hydrogens (tertiary/aromatic N) is 2. The van der Waals surface area contributed by atoms with E-state index in [-0.39, 0.29) is 0 Å². The van der Waals surface area contributed by atoms with Crippen LogP contribution in [0.2, 0.25) is 0 Å². The fourth-order valence-corrected chi connectivity index (χ4v) is 3.62. The van der Waals surface area contributed by atoms with Crippen LogP contribution in [0.1, 0.15) is 66.2 Å². The Kier molecular flexibility index (Phi) is 8.72. The lowest BCUT2D eigenvalue weighted by Gasteiger charge is -2.41. The van der Waals surface area contributed by atoms with Gasteiger partial charge in [0.2, 0.25) is 0 Å². The van der Waals surface area contributed by atoms with Gasteiger partial charge in [-0.3, -0.25) is 0 Å². The molecule has 2 heteroatoms. The number of hydrogen-bond donors (Lipinski definition) is 0. The maximum atomic E-state index is 2.79. The van der Waals surface area contributed by atoms with Crippen LogP contribution in [0.5, 0.6) is 0 Å². The van der Waals surface area contributed by atoms with E-state index in [4.69, 9.17) is 0 Å². The molecule has 19 heavy (non-hydrogen) atoms. The normalized spacial score (nSPS) is 24.0. The van der Waals surface area contributed by atoms with Gasteiger partial charge in [0.25, 0.3) is 0 Å². The van der Waals surface area contributed by atoms with E-state index >= 15 is 0 Å². The van der Waals surface area contributed by atoms with Crippen molar-refractivity contribution >= 4 is 0 Å². The van der Waals surface area contributed by atoms with E-state index in [0.717, 1.165) is 12.0 Å². The maximum absolute atomic E-state index is 2.79. The van der Waals surface area contributed by atoms with Gasteiger partial charge in [0.05, 0.1) is 0 Å². The summed E-state index contributed by atoms with van der Waals surface area (Å²) in [5, 5.41) is 0. The van der Waals surface area contributed by atoms with Crippen LogP contribution in [0.15, 0.2) is 0 Å². The molecule has 0 N–H and O–H groups in total. The molecule has 114 valence electrons. The highest BCUT2D eigenvalue weighted by Crippen LogP contribution is 2.26. The molecule has 2 fully saturated rings. The minimum Gasteiger partial charge on any atom is -0.303 e. The number of rotatable bonds is 4. The number of hydrogen-bond acceptors (Lipinski definition) is 2. The Bertz CT molecular complexity index is 201. The summed E-state index contributed by atoms with van der Waals surface area (Å²) in [5.41, 5.74) is 0. The van der Waals surface area contributed by atoms with Gasteiger partial charge in [0.1, 0.15) is 0 Å². The average molecular weight is 268 g/mol. The Morgan fingerprint density at radius 3 is 1.89 bits per heavy atom. The smallest absolute Gasteiger partial charge is 0.0120 e. The largest absolute Gasteiger partial charge is 0.303 e. The van der Waals surface area contributed by atoms with Crippen LogP contribution < -0.4 is 0 Å². The Balaban J connectivity index is 0.000000861. The summed E-state index contributed by atoms with van der Waals surface area (Å²) in [7, 11) is 0. The third-order valence-corrected chi connectivity index (χ3v) is 4.87. The van der Waals surface area contributed by atoms with Gasteiger partial charge in [0.15, 0.2) is 0 Å².